The van der Waals surface area contributed by atoms with Crippen molar-refractivity contribution >= 4 is 62.1 Å². The predicted molar refractivity (Wildman–Crippen MR) is 101 cm³/mol. The van der Waals surface area contributed by atoms with Crippen molar-refractivity contribution in [1.29, 1.82) is 0 Å². The number of nitrogens with one attached hydrogen (secondary N) is 1. The molecule has 0 heterocycles. The van der Waals surface area contributed by atoms with E-state index in [0.717, 1.165) is 5.56 Å². The van der Waals surface area contributed by atoms with Crippen molar-refractivity contribution in [3.05, 3.63) is 64.7 Å². The van der Waals surface area contributed by atoms with E-state index in [1.807, 2.05) is 6.92 Å². The highest BCUT2D eigenvalue weighted by molar-refractivity contribution is 7.92. The third-order valence-electron chi connectivity index (χ3n) is 3.33. The van der Waals surface area contributed by atoms with Gasteiger partial charge >= 0.3 is 0 Å². The Labute approximate surface area is 165 Å². The van der Waals surface area contributed by atoms with E-state index in [4.69, 9.17) is 46.4 Å². The van der Waals surface area contributed by atoms with Gasteiger partial charge < -0.3 is 5.32 Å². The average molecular weight is 441 g/mol. The molecule has 134 valence electrons. The van der Waals surface area contributed by atoms with E-state index < -0.39 is 24.9 Å². The average Bonchev–Trinajstić information content (AvgIpc) is 2.52. The molecule has 1 unspecified atom stereocenters. The lowest BCUT2D eigenvalue weighted by molar-refractivity contribution is 0.0948. The van der Waals surface area contributed by atoms with E-state index in [1.54, 1.807) is 24.3 Å². The molecule has 1 atom stereocenters. The maximum Gasteiger partial charge on any atom is 0.252 e. The molecule has 0 bridgehead atoms. The van der Waals surface area contributed by atoms with Gasteiger partial charge in [-0.1, -0.05) is 64.1 Å². The number of aryl methyl sites for hydroxylation is 1. The Morgan fingerprint density at radius 2 is 1.52 bits per heavy atom. The van der Waals surface area contributed by atoms with Crippen molar-refractivity contribution in [2.45, 2.75) is 21.0 Å². The second-order valence-corrected chi connectivity index (χ2v) is 10.1. The zero-order chi connectivity index (χ0) is 18.8. The number of hydrogen-bond donors (Lipinski definition) is 1. The van der Waals surface area contributed by atoms with Crippen LogP contribution in [0.1, 0.15) is 15.9 Å². The number of carbonyl (C=O) groups is 1. The molecule has 0 aliphatic carbocycles. The Bertz CT molecular complexity index is 860. The van der Waals surface area contributed by atoms with Crippen LogP contribution in [0.5, 0.6) is 0 Å². The predicted octanol–water partition coefficient (Wildman–Crippen LogP) is 4.55. The number of carbonyl (C=O) groups excluding carboxylic acids is 1. The number of hydrogen-bond acceptors (Lipinski definition) is 3. The summed E-state index contributed by atoms with van der Waals surface area (Å²) >= 11 is 23.3. The fourth-order valence-electron chi connectivity index (χ4n) is 2.00. The molecule has 0 aliphatic heterocycles. The number of benzene rings is 2. The first-order valence-electron chi connectivity index (χ1n) is 6.95. The van der Waals surface area contributed by atoms with Gasteiger partial charge in [0.15, 0.2) is 5.37 Å². The standard InChI is InChI=1S/C16H13Cl4NO3S/c1-10-2-4-11(5-3-10)14(22)21-15(16(18,19)20)25(23,24)13-8-6-12(17)7-9-13/h2-9,15H,1H3,(H,21,22). The molecule has 0 aromatic heterocycles. The topological polar surface area (TPSA) is 63.2 Å². The third-order valence-corrected chi connectivity index (χ3v) is 6.64. The summed E-state index contributed by atoms with van der Waals surface area (Å²) in [7, 11) is -4.17. The normalized spacial score (nSPS) is 13.3. The molecular weight excluding hydrogens is 428 g/mol. The van der Waals surface area contributed by atoms with Gasteiger partial charge in [-0.25, -0.2) is 8.42 Å². The van der Waals surface area contributed by atoms with Crippen LogP contribution in [0.15, 0.2) is 53.4 Å². The summed E-state index contributed by atoms with van der Waals surface area (Å²) in [6.07, 6.45) is 0. The van der Waals surface area contributed by atoms with Crippen LogP contribution in [0.4, 0.5) is 0 Å². The molecule has 0 aliphatic rings. The van der Waals surface area contributed by atoms with E-state index in [1.165, 1.54) is 24.3 Å². The minimum Gasteiger partial charge on any atom is -0.332 e. The molecule has 0 fully saturated rings. The van der Waals surface area contributed by atoms with Crippen LogP contribution >= 0.6 is 46.4 Å². The third kappa shape index (κ3) is 5.02. The first kappa shape index (κ1) is 20.3. The quantitative estimate of drug-likeness (QED) is 0.709. The van der Waals surface area contributed by atoms with Gasteiger partial charge in [-0.3, -0.25) is 4.79 Å². The molecule has 0 radical (unpaired) electrons. The van der Waals surface area contributed by atoms with Gasteiger partial charge in [0.2, 0.25) is 13.6 Å². The summed E-state index contributed by atoms with van der Waals surface area (Å²) < 4.78 is 23.3. The molecule has 2 aromatic rings. The van der Waals surface area contributed by atoms with E-state index in [9.17, 15) is 13.2 Å². The van der Waals surface area contributed by atoms with Crippen molar-refractivity contribution in [3.63, 3.8) is 0 Å². The first-order chi connectivity index (χ1) is 11.5. The molecule has 0 saturated heterocycles. The van der Waals surface area contributed by atoms with Crippen molar-refractivity contribution in [1.82, 2.24) is 5.32 Å². The second kappa shape index (κ2) is 7.72. The minimum atomic E-state index is -4.17. The van der Waals surface area contributed by atoms with Crippen molar-refractivity contribution in [2.24, 2.45) is 0 Å². The largest absolute Gasteiger partial charge is 0.332 e. The second-order valence-electron chi connectivity index (χ2n) is 5.26. The highest BCUT2D eigenvalue weighted by Crippen LogP contribution is 2.36. The monoisotopic (exact) mass is 439 g/mol. The van der Waals surface area contributed by atoms with Gasteiger partial charge in [0, 0.05) is 10.6 Å². The van der Waals surface area contributed by atoms with Crippen LogP contribution in [-0.2, 0) is 9.84 Å². The van der Waals surface area contributed by atoms with Crippen LogP contribution in [0.2, 0.25) is 5.02 Å². The molecule has 25 heavy (non-hydrogen) atoms. The van der Waals surface area contributed by atoms with E-state index in [0.29, 0.717) is 5.02 Å². The molecule has 2 aromatic carbocycles. The maximum atomic E-state index is 12.8. The van der Waals surface area contributed by atoms with Crippen LogP contribution < -0.4 is 5.32 Å². The van der Waals surface area contributed by atoms with Crippen LogP contribution in [-0.4, -0.2) is 23.5 Å². The van der Waals surface area contributed by atoms with Crippen molar-refractivity contribution in [3.8, 4) is 0 Å². The number of halogens is 4. The lowest BCUT2D eigenvalue weighted by atomic mass is 10.1. The van der Waals surface area contributed by atoms with Gasteiger partial charge in [0.1, 0.15) is 0 Å². The molecule has 9 heteroatoms. The number of sulfone groups is 1. The summed E-state index contributed by atoms with van der Waals surface area (Å²) in [6.45, 7) is 1.86. The van der Waals surface area contributed by atoms with Crippen LogP contribution in [0.25, 0.3) is 0 Å². The smallest absolute Gasteiger partial charge is 0.252 e. The van der Waals surface area contributed by atoms with Gasteiger partial charge in [-0.2, -0.15) is 0 Å². The summed E-state index contributed by atoms with van der Waals surface area (Å²) in [5, 5.41) is 0.867. The molecule has 4 nitrogen and oxygen atoms in total. The van der Waals surface area contributed by atoms with Crippen LogP contribution in [0, 0.1) is 6.92 Å². The van der Waals surface area contributed by atoms with Gasteiger partial charge in [0.05, 0.1) is 4.90 Å². The lowest BCUT2D eigenvalue weighted by Crippen LogP contribution is -2.49. The summed E-state index contributed by atoms with van der Waals surface area (Å²) in [6, 6.07) is 11.9. The Morgan fingerprint density at radius 3 is 2.00 bits per heavy atom. The molecule has 1 amide bonds. The Balaban J connectivity index is 2.38. The SMILES string of the molecule is Cc1ccc(C(=O)NC(C(Cl)(Cl)Cl)S(=O)(=O)c2ccc(Cl)cc2)cc1. The Morgan fingerprint density at radius 1 is 1.00 bits per heavy atom. The number of amides is 1. The Hall–Kier alpha value is -0.980. The van der Waals surface area contributed by atoms with E-state index in [2.05, 4.69) is 5.32 Å². The number of rotatable bonds is 4. The zero-order valence-electron chi connectivity index (χ0n) is 12.8. The molecule has 1 N–H and O–H groups in total. The molecule has 0 saturated carbocycles. The highest BCUT2D eigenvalue weighted by atomic mass is 35.6. The molecular formula is C16H13Cl4NO3S. The maximum absolute atomic E-state index is 12.8. The van der Waals surface area contributed by atoms with Gasteiger partial charge in [-0.15, -0.1) is 0 Å². The number of alkyl halides is 3. The van der Waals surface area contributed by atoms with Gasteiger partial charge in [-0.05, 0) is 43.3 Å². The van der Waals surface area contributed by atoms with Crippen molar-refractivity contribution in [2.75, 3.05) is 0 Å². The summed E-state index contributed by atoms with van der Waals surface area (Å²) in [5.41, 5.74) is 1.19. The zero-order valence-corrected chi connectivity index (χ0v) is 16.7. The van der Waals surface area contributed by atoms with Crippen molar-refractivity contribution < 1.29 is 13.2 Å². The summed E-state index contributed by atoms with van der Waals surface area (Å²) in [4.78, 5) is 12.2. The lowest BCUT2D eigenvalue weighted by Gasteiger charge is -2.25. The first-order valence-corrected chi connectivity index (χ1v) is 10.0. The van der Waals surface area contributed by atoms with Crippen LogP contribution in [0.3, 0.4) is 0 Å². The highest BCUT2D eigenvalue weighted by Gasteiger charge is 2.44. The molecule has 2 rings (SSSR count). The Kier molecular flexibility index (Phi) is 6.28. The summed E-state index contributed by atoms with van der Waals surface area (Å²) in [5.74, 6) is -0.672. The minimum absolute atomic E-state index is 0.127. The van der Waals surface area contributed by atoms with E-state index >= 15 is 0 Å². The molecule has 0 spiro atoms. The fraction of sp³-hybridized carbons (Fsp3) is 0.188. The van der Waals surface area contributed by atoms with E-state index in [-0.39, 0.29) is 10.5 Å². The van der Waals surface area contributed by atoms with Gasteiger partial charge in [0.25, 0.3) is 5.91 Å². The fourth-order valence-corrected chi connectivity index (χ4v) is 4.75.